The first-order valence-electron chi connectivity index (χ1n) is 15.5. The van der Waals surface area contributed by atoms with Gasteiger partial charge in [-0.15, -0.1) is 37.2 Å². The molecule has 3 saturated heterocycles. The van der Waals surface area contributed by atoms with Crippen molar-refractivity contribution in [2.75, 3.05) is 45.5 Å². The van der Waals surface area contributed by atoms with E-state index in [9.17, 15) is 18.0 Å². The van der Waals surface area contributed by atoms with E-state index in [0.29, 0.717) is 41.5 Å². The zero-order chi connectivity index (χ0) is 31.1. The van der Waals surface area contributed by atoms with Gasteiger partial charge in [-0.3, -0.25) is 9.59 Å². The van der Waals surface area contributed by atoms with Crippen LogP contribution in [0.2, 0.25) is 0 Å². The van der Waals surface area contributed by atoms with Crippen LogP contribution < -0.4 is 0 Å². The maximum absolute atomic E-state index is 13.7. The molecule has 0 aliphatic carbocycles. The molecule has 47 heavy (non-hydrogen) atoms. The van der Waals surface area contributed by atoms with Gasteiger partial charge in [-0.05, 0) is 75.4 Å². The van der Waals surface area contributed by atoms with E-state index in [-0.39, 0.29) is 66.3 Å². The fraction of sp³-hybridized carbons (Fsp3) is 0.471. The van der Waals surface area contributed by atoms with Gasteiger partial charge < -0.3 is 14.7 Å². The van der Waals surface area contributed by atoms with Crippen molar-refractivity contribution in [1.29, 1.82) is 0 Å². The van der Waals surface area contributed by atoms with Gasteiger partial charge in [-0.25, -0.2) is 18.4 Å². The van der Waals surface area contributed by atoms with E-state index in [1.807, 2.05) is 41.8 Å². The molecule has 3 aliphatic rings. The smallest absolute Gasteiger partial charge is 0.257 e. The molecule has 2 aromatic carbocycles. The van der Waals surface area contributed by atoms with Gasteiger partial charge >= 0.3 is 0 Å². The molecular weight excluding hydrogens is 681 g/mol. The Bertz CT molecular complexity index is 1630. The van der Waals surface area contributed by atoms with Crippen LogP contribution in [0.4, 0.5) is 0 Å². The quantitative estimate of drug-likeness (QED) is 0.333. The Kier molecular flexibility index (Phi) is 12.9. The molecule has 256 valence electrons. The monoisotopic (exact) mass is 723 g/mol. The van der Waals surface area contributed by atoms with Gasteiger partial charge in [0.1, 0.15) is 6.33 Å². The summed E-state index contributed by atoms with van der Waals surface area (Å²) in [6, 6.07) is 17.4. The van der Waals surface area contributed by atoms with E-state index in [4.69, 9.17) is 0 Å². The van der Waals surface area contributed by atoms with Crippen molar-refractivity contribution < 1.29 is 18.0 Å². The number of piperidine rings is 1. The number of halogens is 3. The van der Waals surface area contributed by atoms with Crippen molar-refractivity contribution in [2.45, 2.75) is 50.5 Å². The van der Waals surface area contributed by atoms with E-state index in [1.165, 1.54) is 18.1 Å². The summed E-state index contributed by atoms with van der Waals surface area (Å²) in [6.07, 6.45) is 5.24. The lowest BCUT2D eigenvalue weighted by molar-refractivity contribution is -0.139. The zero-order valence-corrected chi connectivity index (χ0v) is 30.3. The third kappa shape index (κ3) is 8.11. The van der Waals surface area contributed by atoms with Crippen molar-refractivity contribution in [3.8, 4) is 0 Å². The molecule has 0 N–H and O–H groups in total. The van der Waals surface area contributed by atoms with E-state index in [2.05, 4.69) is 39.1 Å². The van der Waals surface area contributed by atoms with Gasteiger partial charge in [0.05, 0.1) is 27.3 Å². The lowest BCUT2D eigenvalue weighted by atomic mass is 9.76. The van der Waals surface area contributed by atoms with Crippen LogP contribution in [0, 0.1) is 25.2 Å². The molecule has 13 heteroatoms. The Hall–Kier alpha value is -2.76. The molecular formula is C34H44Cl3N5O4S. The van der Waals surface area contributed by atoms with Gasteiger partial charge in [0.25, 0.3) is 5.91 Å². The fourth-order valence-corrected chi connectivity index (χ4v) is 8.06. The van der Waals surface area contributed by atoms with Crippen molar-refractivity contribution in [2.24, 2.45) is 11.3 Å². The average molecular weight is 725 g/mol. The largest absolute Gasteiger partial charge is 0.338 e. The molecule has 2 amide bonds. The molecule has 4 heterocycles. The first-order chi connectivity index (χ1) is 21.0. The average Bonchev–Trinajstić information content (AvgIpc) is 3.56. The highest BCUT2D eigenvalue weighted by molar-refractivity contribution is 7.90. The van der Waals surface area contributed by atoms with Gasteiger partial charge in [0, 0.05) is 44.9 Å². The summed E-state index contributed by atoms with van der Waals surface area (Å²) in [4.78, 5) is 42.6. The first kappa shape index (κ1) is 38.7. The zero-order valence-electron chi connectivity index (χ0n) is 27.0. The van der Waals surface area contributed by atoms with Crippen LogP contribution in [0.5, 0.6) is 0 Å². The van der Waals surface area contributed by atoms with E-state index in [0.717, 1.165) is 51.0 Å². The molecule has 0 radical (unpaired) electrons. The third-order valence-corrected chi connectivity index (χ3v) is 11.2. The van der Waals surface area contributed by atoms with Crippen LogP contribution in [0.3, 0.4) is 0 Å². The van der Waals surface area contributed by atoms with Crippen LogP contribution in [0.15, 0.2) is 65.8 Å². The number of carbonyl (C=O) groups excluding carboxylic acids is 2. The fourth-order valence-electron chi connectivity index (χ4n) is 7.43. The number of aromatic nitrogens is 2. The number of benzene rings is 2. The van der Waals surface area contributed by atoms with Gasteiger partial charge in [0.15, 0.2) is 9.84 Å². The minimum atomic E-state index is -3.25. The Balaban J connectivity index is 0.00000200. The second-order valence-corrected chi connectivity index (χ2v) is 14.9. The van der Waals surface area contributed by atoms with E-state index < -0.39 is 9.84 Å². The third-order valence-electron chi connectivity index (χ3n) is 10.0. The van der Waals surface area contributed by atoms with Crippen LogP contribution in [-0.4, -0.2) is 90.4 Å². The summed E-state index contributed by atoms with van der Waals surface area (Å²) in [5, 5.41) is 0. The van der Waals surface area contributed by atoms with Gasteiger partial charge in [0.2, 0.25) is 5.91 Å². The van der Waals surface area contributed by atoms with Gasteiger partial charge in [-0.2, -0.15) is 0 Å². The van der Waals surface area contributed by atoms with Gasteiger partial charge in [-0.1, -0.05) is 42.5 Å². The normalized spacial score (nSPS) is 20.8. The standard InChI is InChI=1S/C34H41N5O4S.3ClH/c1-24-31(25(2)36-23-35-24)32(40)39-21-28(30(22-39)27-7-5-4-6-8-27)20-37-16-13-34(14-17-37)15-18-38(33(34)41)19-26-9-11-29(12-10-26)44(3,42)43;;;/h4-12,23,28,30H,13-22H2,1-3H3;3*1H/t28-,30+;;;/m0.../s1. The molecule has 9 nitrogen and oxygen atoms in total. The molecule has 1 aromatic heterocycles. The van der Waals surface area contributed by atoms with Crippen molar-refractivity contribution >= 4 is 58.9 Å². The van der Waals surface area contributed by atoms with Crippen molar-refractivity contribution in [3.63, 3.8) is 0 Å². The Morgan fingerprint density at radius 3 is 2.06 bits per heavy atom. The Labute approximate surface area is 296 Å². The molecule has 0 unspecified atom stereocenters. The lowest BCUT2D eigenvalue weighted by Gasteiger charge is -2.39. The number of sulfone groups is 1. The number of rotatable bonds is 7. The number of carbonyl (C=O) groups is 2. The number of hydrogen-bond donors (Lipinski definition) is 0. The summed E-state index contributed by atoms with van der Waals surface area (Å²) >= 11 is 0. The number of likely N-dealkylation sites (tertiary alicyclic amines) is 3. The highest BCUT2D eigenvalue weighted by atomic mass is 35.5. The SMILES string of the molecule is Cc1ncnc(C)c1C(=O)N1C[C@H](CN2CCC3(CC2)CCN(Cc2ccc(S(C)(=O)=O)cc2)C3=O)[C@@H](c2ccccc2)C1.Cl.Cl.Cl. The van der Waals surface area contributed by atoms with Crippen molar-refractivity contribution in [3.05, 3.63) is 89.0 Å². The van der Waals surface area contributed by atoms with Crippen LogP contribution in [0.25, 0.3) is 0 Å². The predicted molar refractivity (Wildman–Crippen MR) is 190 cm³/mol. The molecule has 0 bridgehead atoms. The molecule has 3 fully saturated rings. The summed E-state index contributed by atoms with van der Waals surface area (Å²) in [7, 11) is -3.25. The predicted octanol–water partition coefficient (Wildman–Crippen LogP) is 5.13. The van der Waals surface area contributed by atoms with Crippen LogP contribution >= 0.6 is 37.2 Å². The Morgan fingerprint density at radius 2 is 1.47 bits per heavy atom. The topological polar surface area (TPSA) is 104 Å². The maximum Gasteiger partial charge on any atom is 0.257 e. The van der Waals surface area contributed by atoms with Crippen LogP contribution in [0.1, 0.15) is 58.1 Å². The van der Waals surface area contributed by atoms with E-state index in [1.54, 1.807) is 12.1 Å². The molecule has 3 aliphatic heterocycles. The summed E-state index contributed by atoms with van der Waals surface area (Å²) < 4.78 is 23.6. The molecule has 1 spiro atoms. The second-order valence-electron chi connectivity index (χ2n) is 12.9. The molecule has 2 atom stereocenters. The second kappa shape index (κ2) is 15.6. The molecule has 6 rings (SSSR count). The minimum absolute atomic E-state index is 0. The molecule has 0 saturated carbocycles. The lowest BCUT2D eigenvalue weighted by Crippen LogP contribution is -2.46. The highest BCUT2D eigenvalue weighted by Gasteiger charge is 2.48. The number of aryl methyl sites for hydroxylation is 2. The first-order valence-corrected chi connectivity index (χ1v) is 17.4. The minimum Gasteiger partial charge on any atom is -0.338 e. The Morgan fingerprint density at radius 1 is 0.872 bits per heavy atom. The number of nitrogens with zero attached hydrogens (tertiary/aromatic N) is 5. The maximum atomic E-state index is 13.7. The summed E-state index contributed by atoms with van der Waals surface area (Å²) in [5.41, 5.74) is 3.91. The van der Waals surface area contributed by atoms with Crippen LogP contribution in [-0.2, 0) is 21.2 Å². The van der Waals surface area contributed by atoms with E-state index >= 15 is 0 Å². The molecule has 3 aromatic rings. The summed E-state index contributed by atoms with van der Waals surface area (Å²) in [6.45, 7) is 8.92. The van der Waals surface area contributed by atoms with Crippen molar-refractivity contribution in [1.82, 2.24) is 24.7 Å². The number of amides is 2. The number of hydrogen-bond acceptors (Lipinski definition) is 7. The summed E-state index contributed by atoms with van der Waals surface area (Å²) in [5.74, 6) is 0.745. The highest BCUT2D eigenvalue weighted by Crippen LogP contribution is 2.43.